The van der Waals surface area contributed by atoms with Crippen LogP contribution < -0.4 is 5.73 Å². The summed E-state index contributed by atoms with van der Waals surface area (Å²) in [6.07, 6.45) is 4.48. The number of hydrogen-bond acceptors (Lipinski definition) is 1. The average molecular weight is 272 g/mol. The number of nitrogens with two attached hydrogens (primary N) is 1. The fourth-order valence-electron chi connectivity index (χ4n) is 2.84. The van der Waals surface area contributed by atoms with E-state index in [0.717, 1.165) is 17.0 Å². The Hall–Kier alpha value is -1.31. The number of fused-ring (bicyclic) bond motifs is 1. The maximum atomic E-state index is 6.33. The Balaban J connectivity index is 1.81. The Morgan fingerprint density at radius 1 is 1.05 bits per heavy atom. The molecule has 19 heavy (non-hydrogen) atoms. The Bertz CT molecular complexity index is 592. The highest BCUT2D eigenvalue weighted by Gasteiger charge is 2.14. The molecule has 1 aliphatic carbocycles. The second-order valence-electron chi connectivity index (χ2n) is 5.28. The van der Waals surface area contributed by atoms with E-state index in [1.165, 1.54) is 36.0 Å². The summed E-state index contributed by atoms with van der Waals surface area (Å²) in [7, 11) is 0. The van der Waals surface area contributed by atoms with Gasteiger partial charge in [0.1, 0.15) is 0 Å². The van der Waals surface area contributed by atoms with Crippen molar-refractivity contribution in [1.82, 2.24) is 0 Å². The topological polar surface area (TPSA) is 26.0 Å². The molecule has 0 bridgehead atoms. The van der Waals surface area contributed by atoms with E-state index in [4.69, 9.17) is 17.3 Å². The minimum atomic E-state index is 0.0193. The van der Waals surface area contributed by atoms with Crippen molar-refractivity contribution >= 4 is 11.6 Å². The van der Waals surface area contributed by atoms with Crippen LogP contribution in [0, 0.1) is 0 Å². The molecule has 2 N–H and O–H groups in total. The molecule has 2 aromatic rings. The van der Waals surface area contributed by atoms with Crippen molar-refractivity contribution in [3.8, 4) is 0 Å². The van der Waals surface area contributed by atoms with Gasteiger partial charge in [-0.2, -0.15) is 0 Å². The van der Waals surface area contributed by atoms with Crippen molar-refractivity contribution in [3.05, 3.63) is 69.7 Å². The highest BCUT2D eigenvalue weighted by molar-refractivity contribution is 6.31. The Kier molecular flexibility index (Phi) is 3.58. The summed E-state index contributed by atoms with van der Waals surface area (Å²) in [5.41, 5.74) is 11.6. The van der Waals surface area contributed by atoms with Gasteiger partial charge in [0.25, 0.3) is 0 Å². The Morgan fingerprint density at radius 3 is 2.68 bits per heavy atom. The van der Waals surface area contributed by atoms with Crippen molar-refractivity contribution in [3.63, 3.8) is 0 Å². The molecule has 0 aliphatic heterocycles. The lowest BCUT2D eigenvalue weighted by Gasteiger charge is -2.14. The van der Waals surface area contributed by atoms with Crippen LogP contribution in [-0.2, 0) is 19.3 Å². The molecule has 2 heteroatoms. The van der Waals surface area contributed by atoms with Crippen LogP contribution in [-0.4, -0.2) is 0 Å². The summed E-state index contributed by atoms with van der Waals surface area (Å²) in [6.45, 7) is 0. The molecule has 0 saturated heterocycles. The molecule has 0 amide bonds. The average Bonchev–Trinajstić information content (AvgIpc) is 2.88. The van der Waals surface area contributed by atoms with E-state index in [9.17, 15) is 0 Å². The Morgan fingerprint density at radius 2 is 1.84 bits per heavy atom. The lowest BCUT2D eigenvalue weighted by Crippen LogP contribution is -2.14. The van der Waals surface area contributed by atoms with E-state index in [1.807, 2.05) is 18.2 Å². The zero-order chi connectivity index (χ0) is 13.2. The molecule has 1 atom stereocenters. The summed E-state index contributed by atoms with van der Waals surface area (Å²) in [5, 5.41) is 0.805. The fourth-order valence-corrected chi connectivity index (χ4v) is 3.05. The molecule has 1 nitrogen and oxygen atoms in total. The maximum Gasteiger partial charge on any atom is 0.0438 e. The smallest absolute Gasteiger partial charge is 0.0438 e. The molecular weight excluding hydrogens is 254 g/mol. The van der Waals surface area contributed by atoms with Crippen LogP contribution in [0.2, 0.25) is 5.02 Å². The third-order valence-electron chi connectivity index (χ3n) is 3.95. The van der Waals surface area contributed by atoms with Gasteiger partial charge in [-0.15, -0.1) is 0 Å². The summed E-state index contributed by atoms with van der Waals surface area (Å²) >= 11 is 6.19. The van der Waals surface area contributed by atoms with Crippen molar-refractivity contribution < 1.29 is 0 Å². The van der Waals surface area contributed by atoms with Gasteiger partial charge >= 0.3 is 0 Å². The first kappa shape index (κ1) is 12.7. The number of rotatable bonds is 3. The standard InChI is InChI=1S/C17H18ClN/c18-16-7-2-1-4-14(16)11-17(19)15-9-8-12-5-3-6-13(12)10-15/h1-2,4,7-10,17H,3,5-6,11,19H2. The molecule has 1 aliphatic rings. The number of benzene rings is 2. The normalized spacial score (nSPS) is 15.3. The van der Waals surface area contributed by atoms with Gasteiger partial charge in [0.2, 0.25) is 0 Å². The van der Waals surface area contributed by atoms with Crippen molar-refractivity contribution in [2.75, 3.05) is 0 Å². The van der Waals surface area contributed by atoms with E-state index < -0.39 is 0 Å². The molecule has 3 rings (SSSR count). The largest absolute Gasteiger partial charge is 0.324 e. The van der Waals surface area contributed by atoms with E-state index in [1.54, 1.807) is 0 Å². The monoisotopic (exact) mass is 271 g/mol. The number of hydrogen-bond donors (Lipinski definition) is 1. The third-order valence-corrected chi connectivity index (χ3v) is 4.32. The zero-order valence-corrected chi connectivity index (χ0v) is 11.7. The van der Waals surface area contributed by atoms with Crippen LogP contribution in [0.15, 0.2) is 42.5 Å². The number of aryl methyl sites for hydroxylation is 2. The van der Waals surface area contributed by atoms with Crippen LogP contribution in [0.4, 0.5) is 0 Å². The van der Waals surface area contributed by atoms with Gasteiger partial charge < -0.3 is 5.73 Å². The summed E-state index contributed by atoms with van der Waals surface area (Å²) in [6, 6.07) is 14.6. The van der Waals surface area contributed by atoms with Crippen molar-refractivity contribution in [1.29, 1.82) is 0 Å². The van der Waals surface area contributed by atoms with Gasteiger partial charge in [-0.05, 0) is 54.0 Å². The molecule has 0 aromatic heterocycles. The predicted octanol–water partition coefficient (Wildman–Crippen LogP) is 4.07. The first-order valence-corrected chi connectivity index (χ1v) is 7.22. The van der Waals surface area contributed by atoms with Crippen LogP contribution in [0.3, 0.4) is 0 Å². The third kappa shape index (κ3) is 2.68. The lowest BCUT2D eigenvalue weighted by atomic mass is 9.96. The predicted molar refractivity (Wildman–Crippen MR) is 80.6 cm³/mol. The summed E-state index contributed by atoms with van der Waals surface area (Å²) in [4.78, 5) is 0. The van der Waals surface area contributed by atoms with Crippen molar-refractivity contribution in [2.24, 2.45) is 5.73 Å². The van der Waals surface area contributed by atoms with Crippen LogP contribution in [0.25, 0.3) is 0 Å². The van der Waals surface area contributed by atoms with E-state index in [0.29, 0.717) is 0 Å². The van der Waals surface area contributed by atoms with Crippen molar-refractivity contribution in [2.45, 2.75) is 31.7 Å². The van der Waals surface area contributed by atoms with Gasteiger partial charge in [-0.25, -0.2) is 0 Å². The molecule has 0 radical (unpaired) electrons. The van der Waals surface area contributed by atoms with E-state index in [2.05, 4.69) is 24.3 Å². The molecular formula is C17H18ClN. The van der Waals surface area contributed by atoms with E-state index >= 15 is 0 Å². The van der Waals surface area contributed by atoms with Gasteiger partial charge in [0.05, 0.1) is 0 Å². The SMILES string of the molecule is NC(Cc1ccccc1Cl)c1ccc2c(c1)CCC2. The quantitative estimate of drug-likeness (QED) is 0.895. The second-order valence-corrected chi connectivity index (χ2v) is 5.69. The van der Waals surface area contributed by atoms with Gasteiger partial charge in [0, 0.05) is 11.1 Å². The number of halogens is 1. The molecule has 2 aromatic carbocycles. The zero-order valence-electron chi connectivity index (χ0n) is 10.9. The minimum Gasteiger partial charge on any atom is -0.324 e. The fraction of sp³-hybridized carbons (Fsp3) is 0.294. The van der Waals surface area contributed by atoms with Gasteiger partial charge in [0.15, 0.2) is 0 Å². The molecule has 0 saturated carbocycles. The first-order chi connectivity index (χ1) is 9.24. The van der Waals surface area contributed by atoms with Crippen LogP contribution >= 0.6 is 11.6 Å². The van der Waals surface area contributed by atoms with Crippen LogP contribution in [0.1, 0.15) is 34.7 Å². The molecule has 98 valence electrons. The molecule has 0 heterocycles. The second kappa shape index (κ2) is 5.36. The molecule has 0 fully saturated rings. The molecule has 0 spiro atoms. The van der Waals surface area contributed by atoms with Crippen LogP contribution in [0.5, 0.6) is 0 Å². The Labute approximate surface area is 119 Å². The van der Waals surface area contributed by atoms with E-state index in [-0.39, 0.29) is 6.04 Å². The molecule has 1 unspecified atom stereocenters. The van der Waals surface area contributed by atoms with Gasteiger partial charge in [-0.3, -0.25) is 0 Å². The first-order valence-electron chi connectivity index (χ1n) is 6.85. The summed E-state index contributed by atoms with van der Waals surface area (Å²) < 4.78 is 0. The summed E-state index contributed by atoms with van der Waals surface area (Å²) in [5.74, 6) is 0. The highest BCUT2D eigenvalue weighted by Crippen LogP contribution is 2.27. The minimum absolute atomic E-state index is 0.0193. The lowest BCUT2D eigenvalue weighted by molar-refractivity contribution is 0.721. The maximum absolute atomic E-state index is 6.33. The highest BCUT2D eigenvalue weighted by atomic mass is 35.5. The van der Waals surface area contributed by atoms with Gasteiger partial charge in [-0.1, -0.05) is 48.0 Å².